The third kappa shape index (κ3) is 4.36. The van der Waals surface area contributed by atoms with Gasteiger partial charge in [-0.05, 0) is 54.5 Å². The summed E-state index contributed by atoms with van der Waals surface area (Å²) in [5.41, 5.74) is 9.41. The molecule has 1 aliphatic carbocycles. The summed E-state index contributed by atoms with van der Waals surface area (Å²) in [5, 5.41) is 0. The number of rotatable bonds is 5. The summed E-state index contributed by atoms with van der Waals surface area (Å²) in [6, 6.07) is 14.6. The van der Waals surface area contributed by atoms with Crippen molar-refractivity contribution in [1.29, 1.82) is 0 Å². The number of sulfonamides is 1. The summed E-state index contributed by atoms with van der Waals surface area (Å²) in [6.07, 6.45) is 4.32. The van der Waals surface area contributed by atoms with Crippen LogP contribution in [0.2, 0.25) is 0 Å². The molecule has 3 rings (SSSR count). The van der Waals surface area contributed by atoms with Crippen molar-refractivity contribution in [3.05, 3.63) is 65.2 Å². The fourth-order valence-corrected chi connectivity index (χ4v) is 4.09. The highest BCUT2D eigenvalue weighted by molar-refractivity contribution is 7.89. The van der Waals surface area contributed by atoms with E-state index >= 15 is 0 Å². The predicted molar refractivity (Wildman–Crippen MR) is 98.9 cm³/mol. The average molecular weight is 367 g/mol. The minimum Gasteiger partial charge on any atom is -0.323 e. The van der Waals surface area contributed by atoms with E-state index in [1.165, 1.54) is 12.0 Å². The van der Waals surface area contributed by atoms with Gasteiger partial charge in [-0.3, -0.25) is 0 Å². The number of aryl methyl sites for hydroxylation is 2. The molecule has 2 aromatic carbocycles. The predicted octanol–water partition coefficient (Wildman–Crippen LogP) is 2.97. The third-order valence-corrected chi connectivity index (χ3v) is 5.77. The van der Waals surface area contributed by atoms with E-state index in [0.29, 0.717) is 4.90 Å². The van der Waals surface area contributed by atoms with Crippen LogP contribution in [0.3, 0.4) is 0 Å². The molecule has 130 valence electrons. The molecule has 4 nitrogen and oxygen atoms in total. The lowest BCUT2D eigenvalue weighted by molar-refractivity contribution is 0.571. The van der Waals surface area contributed by atoms with Crippen molar-refractivity contribution >= 4 is 22.4 Å². The molecule has 0 aliphatic heterocycles. The molecule has 1 unspecified atom stereocenters. The first-order valence-electron chi connectivity index (χ1n) is 7.98. The molecular formula is C18H23ClN2O2S. The van der Waals surface area contributed by atoms with E-state index in [1.54, 1.807) is 6.07 Å². The van der Waals surface area contributed by atoms with Gasteiger partial charge >= 0.3 is 0 Å². The summed E-state index contributed by atoms with van der Waals surface area (Å²) in [7, 11) is -3.53. The first-order chi connectivity index (χ1) is 11.1. The summed E-state index contributed by atoms with van der Waals surface area (Å²) in [6.45, 7) is 0.184. The molecular weight excluding hydrogens is 344 g/mol. The molecule has 0 spiro atoms. The molecule has 24 heavy (non-hydrogen) atoms. The Morgan fingerprint density at radius 1 is 1.00 bits per heavy atom. The minimum atomic E-state index is -3.53. The van der Waals surface area contributed by atoms with Crippen LogP contribution < -0.4 is 10.5 Å². The van der Waals surface area contributed by atoms with Gasteiger partial charge in [-0.1, -0.05) is 36.4 Å². The largest absolute Gasteiger partial charge is 0.323 e. The molecule has 0 fully saturated rings. The normalized spacial score (nSPS) is 15.2. The number of benzene rings is 2. The molecule has 0 amide bonds. The fourth-order valence-electron chi connectivity index (χ4n) is 2.98. The van der Waals surface area contributed by atoms with E-state index in [2.05, 4.69) is 4.72 Å². The van der Waals surface area contributed by atoms with Crippen LogP contribution >= 0.6 is 12.4 Å². The zero-order valence-corrected chi connectivity index (χ0v) is 15.1. The molecule has 0 heterocycles. The number of halogens is 1. The topological polar surface area (TPSA) is 72.2 Å². The average Bonchev–Trinajstić information content (AvgIpc) is 2.60. The highest BCUT2D eigenvalue weighted by Gasteiger charge is 2.18. The van der Waals surface area contributed by atoms with Crippen LogP contribution in [0, 0.1) is 0 Å². The van der Waals surface area contributed by atoms with E-state index in [9.17, 15) is 8.42 Å². The number of hydrogen-bond acceptors (Lipinski definition) is 3. The van der Waals surface area contributed by atoms with E-state index in [-0.39, 0.29) is 25.0 Å². The molecule has 3 N–H and O–H groups in total. The highest BCUT2D eigenvalue weighted by Crippen LogP contribution is 2.24. The number of nitrogens with two attached hydrogens (primary N) is 1. The van der Waals surface area contributed by atoms with Gasteiger partial charge in [0.25, 0.3) is 0 Å². The highest BCUT2D eigenvalue weighted by atomic mass is 35.5. The number of hydrogen-bond donors (Lipinski definition) is 2. The zero-order chi connectivity index (χ0) is 16.3. The van der Waals surface area contributed by atoms with Crippen molar-refractivity contribution in [2.75, 3.05) is 6.54 Å². The van der Waals surface area contributed by atoms with Gasteiger partial charge in [-0.2, -0.15) is 0 Å². The maximum absolute atomic E-state index is 12.5. The van der Waals surface area contributed by atoms with Crippen molar-refractivity contribution in [3.8, 4) is 0 Å². The Hall–Kier alpha value is -1.40. The Kier molecular flexibility index (Phi) is 6.40. The minimum absolute atomic E-state index is 0. The van der Waals surface area contributed by atoms with Gasteiger partial charge in [0.1, 0.15) is 0 Å². The van der Waals surface area contributed by atoms with Crippen molar-refractivity contribution in [2.45, 2.75) is 36.6 Å². The second-order valence-corrected chi connectivity index (χ2v) is 7.77. The van der Waals surface area contributed by atoms with Crippen LogP contribution in [-0.4, -0.2) is 15.0 Å². The Morgan fingerprint density at radius 2 is 1.67 bits per heavy atom. The molecule has 0 radical (unpaired) electrons. The third-order valence-electron chi connectivity index (χ3n) is 4.35. The monoisotopic (exact) mass is 366 g/mol. The summed E-state index contributed by atoms with van der Waals surface area (Å²) >= 11 is 0. The summed E-state index contributed by atoms with van der Waals surface area (Å²) in [4.78, 5) is 0.332. The Morgan fingerprint density at radius 3 is 2.38 bits per heavy atom. The van der Waals surface area contributed by atoms with Crippen molar-refractivity contribution in [1.82, 2.24) is 4.72 Å². The van der Waals surface area contributed by atoms with E-state index in [1.807, 2.05) is 42.5 Å². The quantitative estimate of drug-likeness (QED) is 0.854. The van der Waals surface area contributed by atoms with Crippen LogP contribution in [0.25, 0.3) is 0 Å². The maximum atomic E-state index is 12.5. The van der Waals surface area contributed by atoms with Crippen LogP contribution in [0.15, 0.2) is 53.4 Å². The van der Waals surface area contributed by atoms with Crippen LogP contribution in [0.5, 0.6) is 0 Å². The van der Waals surface area contributed by atoms with Gasteiger partial charge in [0, 0.05) is 12.6 Å². The lowest BCUT2D eigenvalue weighted by Crippen LogP contribution is -2.32. The van der Waals surface area contributed by atoms with Crippen molar-refractivity contribution in [3.63, 3.8) is 0 Å². The fraction of sp³-hybridized carbons (Fsp3) is 0.333. The van der Waals surface area contributed by atoms with Gasteiger partial charge in [0.2, 0.25) is 10.0 Å². The first-order valence-corrected chi connectivity index (χ1v) is 9.46. The number of nitrogens with one attached hydrogen (secondary N) is 1. The molecule has 0 aromatic heterocycles. The molecule has 6 heteroatoms. The van der Waals surface area contributed by atoms with Gasteiger partial charge in [-0.25, -0.2) is 13.1 Å². The summed E-state index contributed by atoms with van der Waals surface area (Å²) in [5.74, 6) is 0. The smallest absolute Gasteiger partial charge is 0.240 e. The van der Waals surface area contributed by atoms with Gasteiger partial charge in [0.05, 0.1) is 4.90 Å². The van der Waals surface area contributed by atoms with Crippen LogP contribution in [0.1, 0.15) is 35.6 Å². The van der Waals surface area contributed by atoms with E-state index in [0.717, 1.165) is 30.4 Å². The zero-order valence-electron chi connectivity index (χ0n) is 13.4. The van der Waals surface area contributed by atoms with E-state index < -0.39 is 10.0 Å². The van der Waals surface area contributed by atoms with Crippen LogP contribution in [-0.2, 0) is 22.9 Å². The van der Waals surface area contributed by atoms with Gasteiger partial charge in [-0.15, -0.1) is 12.4 Å². The van der Waals surface area contributed by atoms with Gasteiger partial charge < -0.3 is 5.73 Å². The molecule has 1 atom stereocenters. The van der Waals surface area contributed by atoms with E-state index in [4.69, 9.17) is 5.73 Å². The van der Waals surface area contributed by atoms with Crippen molar-refractivity contribution < 1.29 is 8.42 Å². The molecule has 0 bridgehead atoms. The molecule has 1 aliphatic rings. The standard InChI is InChI=1S/C18H22N2O2S.ClH/c19-18(15-7-2-1-3-8-15)13-20-23(21,22)17-11-10-14-6-4-5-9-16(14)12-17;/h1-3,7-8,10-12,18,20H,4-6,9,13,19H2;1H. The van der Waals surface area contributed by atoms with Crippen LogP contribution in [0.4, 0.5) is 0 Å². The second-order valence-electron chi connectivity index (χ2n) is 6.01. The number of fused-ring (bicyclic) bond motifs is 1. The Balaban J connectivity index is 0.00000208. The SMILES string of the molecule is Cl.NC(CNS(=O)(=O)c1ccc2c(c1)CCCC2)c1ccccc1. The molecule has 0 saturated heterocycles. The summed E-state index contributed by atoms with van der Waals surface area (Å²) < 4.78 is 27.6. The molecule has 0 saturated carbocycles. The first kappa shape index (κ1) is 18.9. The lowest BCUT2D eigenvalue weighted by atomic mass is 9.92. The second kappa shape index (κ2) is 8.12. The lowest BCUT2D eigenvalue weighted by Gasteiger charge is -2.17. The van der Waals surface area contributed by atoms with Gasteiger partial charge in [0.15, 0.2) is 0 Å². The maximum Gasteiger partial charge on any atom is 0.240 e. The molecule has 2 aromatic rings. The van der Waals surface area contributed by atoms with Crippen molar-refractivity contribution in [2.24, 2.45) is 5.73 Å². The Labute approximate surface area is 149 Å². The Bertz CT molecular complexity index is 779.